The lowest BCUT2D eigenvalue weighted by molar-refractivity contribution is -0.0502. The molecule has 0 unspecified atom stereocenters. The lowest BCUT2D eigenvalue weighted by atomic mass is 10.1. The van der Waals surface area contributed by atoms with Crippen LogP contribution in [-0.4, -0.2) is 47.6 Å². The van der Waals surface area contributed by atoms with Crippen LogP contribution in [0.2, 0.25) is 5.02 Å². The normalized spacial score (nSPS) is 25.8. The minimum absolute atomic E-state index is 0.0284. The van der Waals surface area contributed by atoms with Crippen LogP contribution in [0.1, 0.15) is 34.5 Å². The molecule has 0 spiro atoms. The number of hydrogen-bond acceptors (Lipinski definition) is 6. The summed E-state index contributed by atoms with van der Waals surface area (Å²) in [5.41, 5.74) is 6.85. The van der Waals surface area contributed by atoms with E-state index in [1.807, 2.05) is 24.3 Å². The molecule has 0 aliphatic carbocycles. The minimum atomic E-state index is -0.228. The van der Waals surface area contributed by atoms with Crippen molar-refractivity contribution in [2.75, 3.05) is 19.7 Å². The maximum absolute atomic E-state index is 12.3. The summed E-state index contributed by atoms with van der Waals surface area (Å²) in [5, 5.41) is 3.75. The van der Waals surface area contributed by atoms with Crippen LogP contribution >= 0.6 is 11.6 Å². The monoisotopic (exact) mass is 376 g/mol. The van der Waals surface area contributed by atoms with Gasteiger partial charge in [0.2, 0.25) is 5.89 Å². The Labute approximate surface area is 156 Å². The predicted molar refractivity (Wildman–Crippen MR) is 95.8 cm³/mol. The van der Waals surface area contributed by atoms with Gasteiger partial charge in [-0.2, -0.15) is 0 Å². The quantitative estimate of drug-likeness (QED) is 0.844. The molecule has 0 radical (unpaired) electrons. The highest BCUT2D eigenvalue weighted by Crippen LogP contribution is 2.30. The van der Waals surface area contributed by atoms with Crippen molar-refractivity contribution in [3.05, 3.63) is 52.7 Å². The van der Waals surface area contributed by atoms with Crippen LogP contribution in [0.3, 0.4) is 0 Å². The Kier molecular flexibility index (Phi) is 4.95. The van der Waals surface area contributed by atoms with Gasteiger partial charge in [-0.3, -0.25) is 9.69 Å². The number of carbonyl (C=O) groups excluding carboxylic acids is 1. The van der Waals surface area contributed by atoms with E-state index >= 15 is 0 Å². The molecule has 0 bridgehead atoms. The molecule has 8 heteroatoms. The SMILES string of the molecule is NCc1nc(C(=O)N[C@H]2C[C@H]3CO[C@@H](c4ccc(Cl)cc4)CN3C2)co1. The number of hydrogen-bond donors (Lipinski definition) is 2. The van der Waals surface area contributed by atoms with Crippen molar-refractivity contribution in [2.24, 2.45) is 5.73 Å². The number of aromatic nitrogens is 1. The molecule has 7 nitrogen and oxygen atoms in total. The molecule has 2 aliphatic rings. The van der Waals surface area contributed by atoms with E-state index in [2.05, 4.69) is 15.2 Å². The topological polar surface area (TPSA) is 93.6 Å². The van der Waals surface area contributed by atoms with Crippen molar-refractivity contribution in [1.29, 1.82) is 0 Å². The second kappa shape index (κ2) is 7.36. The third kappa shape index (κ3) is 3.61. The largest absolute Gasteiger partial charge is 0.447 e. The van der Waals surface area contributed by atoms with Crippen LogP contribution in [0, 0.1) is 0 Å². The minimum Gasteiger partial charge on any atom is -0.447 e. The predicted octanol–water partition coefficient (Wildman–Crippen LogP) is 1.73. The number of nitrogens with one attached hydrogen (secondary N) is 1. The molecular weight excluding hydrogens is 356 g/mol. The van der Waals surface area contributed by atoms with Crippen molar-refractivity contribution in [3.63, 3.8) is 0 Å². The second-order valence-electron chi connectivity index (χ2n) is 6.72. The summed E-state index contributed by atoms with van der Waals surface area (Å²) in [4.78, 5) is 18.8. The molecule has 2 aromatic rings. The standard InChI is InChI=1S/C18H21ClN4O3/c19-12-3-1-11(2-4-12)16-8-23-7-13(5-14(23)9-25-16)21-18(24)15-10-26-17(6-20)22-15/h1-4,10,13-14,16H,5-9,20H2,(H,21,24)/t13-,14-,16+/m0/s1. The Morgan fingerprint density at radius 3 is 2.88 bits per heavy atom. The highest BCUT2D eigenvalue weighted by Gasteiger charge is 2.38. The molecule has 0 saturated carbocycles. The van der Waals surface area contributed by atoms with Crippen LogP contribution < -0.4 is 11.1 Å². The van der Waals surface area contributed by atoms with Gasteiger partial charge in [-0.15, -0.1) is 0 Å². The highest BCUT2D eigenvalue weighted by atomic mass is 35.5. The van der Waals surface area contributed by atoms with Gasteiger partial charge in [-0.05, 0) is 24.1 Å². The fraction of sp³-hybridized carbons (Fsp3) is 0.444. The van der Waals surface area contributed by atoms with Gasteiger partial charge in [0.1, 0.15) is 6.26 Å². The molecule has 3 heterocycles. The Morgan fingerprint density at radius 1 is 1.35 bits per heavy atom. The summed E-state index contributed by atoms with van der Waals surface area (Å²) in [6.07, 6.45) is 2.24. The average Bonchev–Trinajstić information content (AvgIpc) is 3.28. The molecule has 1 aromatic heterocycles. The first kappa shape index (κ1) is 17.5. The van der Waals surface area contributed by atoms with Crippen LogP contribution in [0.5, 0.6) is 0 Å². The number of fused-ring (bicyclic) bond motifs is 1. The van der Waals surface area contributed by atoms with Crippen molar-refractivity contribution >= 4 is 17.5 Å². The van der Waals surface area contributed by atoms with Crippen molar-refractivity contribution in [3.8, 4) is 0 Å². The fourth-order valence-corrected chi connectivity index (χ4v) is 3.75. The summed E-state index contributed by atoms with van der Waals surface area (Å²) in [6, 6.07) is 8.16. The number of amides is 1. The molecule has 2 aliphatic heterocycles. The van der Waals surface area contributed by atoms with Crippen LogP contribution in [0.25, 0.3) is 0 Å². The zero-order valence-corrected chi connectivity index (χ0v) is 15.0. The number of rotatable bonds is 4. The zero-order valence-electron chi connectivity index (χ0n) is 14.2. The molecule has 2 saturated heterocycles. The fourth-order valence-electron chi connectivity index (χ4n) is 3.63. The summed E-state index contributed by atoms with van der Waals surface area (Å²) in [6.45, 7) is 2.43. The highest BCUT2D eigenvalue weighted by molar-refractivity contribution is 6.30. The number of oxazole rings is 1. The second-order valence-corrected chi connectivity index (χ2v) is 7.15. The maximum Gasteiger partial charge on any atom is 0.273 e. The van der Waals surface area contributed by atoms with E-state index in [4.69, 9.17) is 26.5 Å². The van der Waals surface area contributed by atoms with E-state index in [1.54, 1.807) is 0 Å². The lowest BCUT2D eigenvalue weighted by Gasteiger charge is -2.35. The molecule has 26 heavy (non-hydrogen) atoms. The lowest BCUT2D eigenvalue weighted by Crippen LogP contribution is -2.43. The molecule has 1 amide bonds. The third-order valence-corrected chi connectivity index (χ3v) is 5.21. The first-order chi connectivity index (χ1) is 12.6. The van der Waals surface area contributed by atoms with Gasteiger partial charge in [0.05, 0.1) is 19.3 Å². The number of morpholine rings is 1. The van der Waals surface area contributed by atoms with Crippen molar-refractivity contribution in [2.45, 2.75) is 31.2 Å². The first-order valence-electron chi connectivity index (χ1n) is 8.69. The van der Waals surface area contributed by atoms with Gasteiger partial charge in [0.15, 0.2) is 5.69 Å². The van der Waals surface area contributed by atoms with E-state index < -0.39 is 0 Å². The maximum atomic E-state index is 12.3. The van der Waals surface area contributed by atoms with Gasteiger partial charge in [-0.25, -0.2) is 4.98 Å². The molecule has 2 fully saturated rings. The van der Waals surface area contributed by atoms with Gasteiger partial charge in [0.25, 0.3) is 5.91 Å². The van der Waals surface area contributed by atoms with Crippen LogP contribution in [0.15, 0.2) is 34.9 Å². The Balaban J connectivity index is 1.35. The summed E-state index contributed by atoms with van der Waals surface area (Å²) in [5.74, 6) is 0.131. The number of carbonyl (C=O) groups is 1. The molecular formula is C18H21ClN4O3. The number of nitrogens with two attached hydrogens (primary N) is 1. The van der Waals surface area contributed by atoms with E-state index in [0.29, 0.717) is 18.5 Å². The molecule has 3 N–H and O–H groups in total. The Morgan fingerprint density at radius 2 is 2.15 bits per heavy atom. The van der Waals surface area contributed by atoms with Gasteiger partial charge in [-0.1, -0.05) is 23.7 Å². The van der Waals surface area contributed by atoms with E-state index in [1.165, 1.54) is 6.26 Å². The molecule has 138 valence electrons. The van der Waals surface area contributed by atoms with Gasteiger partial charge >= 0.3 is 0 Å². The Bertz CT molecular complexity index is 779. The van der Waals surface area contributed by atoms with Gasteiger partial charge in [0, 0.05) is 30.2 Å². The first-order valence-corrected chi connectivity index (χ1v) is 9.06. The number of ether oxygens (including phenoxy) is 1. The summed E-state index contributed by atoms with van der Waals surface area (Å²) in [7, 11) is 0. The van der Waals surface area contributed by atoms with Gasteiger partial charge < -0.3 is 20.2 Å². The number of nitrogens with zero attached hydrogens (tertiary/aromatic N) is 2. The van der Waals surface area contributed by atoms with Crippen molar-refractivity contribution in [1.82, 2.24) is 15.2 Å². The average molecular weight is 377 g/mol. The van der Waals surface area contributed by atoms with Crippen molar-refractivity contribution < 1.29 is 13.9 Å². The van der Waals surface area contributed by atoms with E-state index in [-0.39, 0.29) is 30.3 Å². The van der Waals surface area contributed by atoms with Crippen LogP contribution in [-0.2, 0) is 11.3 Å². The van der Waals surface area contributed by atoms with Crippen LogP contribution in [0.4, 0.5) is 0 Å². The van der Waals surface area contributed by atoms with E-state index in [9.17, 15) is 4.79 Å². The summed E-state index contributed by atoms with van der Waals surface area (Å²) >= 11 is 5.96. The molecule has 3 atom stereocenters. The zero-order chi connectivity index (χ0) is 18.1. The number of halogens is 1. The third-order valence-electron chi connectivity index (χ3n) is 4.95. The van der Waals surface area contributed by atoms with E-state index in [0.717, 1.165) is 30.1 Å². The molecule has 4 rings (SSSR count). The number of benzene rings is 1. The molecule has 1 aromatic carbocycles. The smallest absolute Gasteiger partial charge is 0.273 e. The summed E-state index contributed by atoms with van der Waals surface area (Å²) < 4.78 is 11.2. The Hall–Kier alpha value is -1.93.